The topological polar surface area (TPSA) is 50.9 Å². The van der Waals surface area contributed by atoms with Crippen molar-refractivity contribution >= 4 is 23.0 Å². The Morgan fingerprint density at radius 3 is 3.08 bits per heavy atom. The van der Waals surface area contributed by atoms with Gasteiger partial charge in [-0.3, -0.25) is 0 Å². The average molecular weight is 199 g/mol. The number of nitrogens with one attached hydrogen (secondary N) is 1. The predicted octanol–water partition coefficient (Wildman–Crippen LogP) is 1.10. The maximum atomic E-state index is 11.8. The number of hydrogen-bond donors (Lipinski definition) is 2. The van der Waals surface area contributed by atoms with Gasteiger partial charge in [0.1, 0.15) is 17.5 Å². The van der Waals surface area contributed by atoms with E-state index in [9.17, 15) is 4.39 Å². The van der Waals surface area contributed by atoms with Crippen LogP contribution in [0.15, 0.2) is 18.3 Å². The van der Waals surface area contributed by atoms with Crippen LogP contribution >= 0.6 is 12.2 Å². The highest BCUT2D eigenvalue weighted by Crippen LogP contribution is 2.05. The lowest BCUT2D eigenvalue weighted by Crippen LogP contribution is -2.11. The van der Waals surface area contributed by atoms with Crippen LogP contribution in [0.1, 0.15) is 5.56 Å². The first kappa shape index (κ1) is 9.85. The minimum absolute atomic E-state index is 0.244. The zero-order valence-corrected chi connectivity index (χ0v) is 7.77. The molecule has 0 spiro atoms. The van der Waals surface area contributed by atoms with Crippen molar-refractivity contribution in [3.8, 4) is 0 Å². The number of aromatic nitrogens is 1. The molecule has 0 amide bonds. The number of pyridine rings is 1. The highest BCUT2D eigenvalue weighted by atomic mass is 32.1. The fourth-order valence-electron chi connectivity index (χ4n) is 0.856. The SMILES string of the molecule is NC(=S)c1ccnc(NCCF)c1. The molecule has 0 aliphatic rings. The van der Waals surface area contributed by atoms with Gasteiger partial charge in [-0.2, -0.15) is 0 Å². The van der Waals surface area contributed by atoms with Crippen LogP contribution in [-0.4, -0.2) is 23.2 Å². The molecular weight excluding hydrogens is 189 g/mol. The number of anilines is 1. The van der Waals surface area contributed by atoms with E-state index in [1.807, 2.05) is 0 Å². The molecule has 0 aliphatic heterocycles. The maximum Gasteiger partial charge on any atom is 0.126 e. The molecule has 0 saturated heterocycles. The van der Waals surface area contributed by atoms with Gasteiger partial charge in [0.15, 0.2) is 0 Å². The standard InChI is InChI=1S/C8H10FN3S/c9-2-4-12-7-5-6(8(10)13)1-3-11-7/h1,3,5H,2,4H2,(H2,10,13)(H,11,12). The van der Waals surface area contributed by atoms with Crippen molar-refractivity contribution in [1.82, 2.24) is 4.98 Å². The van der Waals surface area contributed by atoms with Crippen molar-refractivity contribution in [1.29, 1.82) is 0 Å². The smallest absolute Gasteiger partial charge is 0.126 e. The fraction of sp³-hybridized carbons (Fsp3) is 0.250. The molecule has 5 heteroatoms. The molecule has 1 aromatic heterocycles. The van der Waals surface area contributed by atoms with Gasteiger partial charge in [0.2, 0.25) is 0 Å². The Bertz CT molecular complexity index is 303. The van der Waals surface area contributed by atoms with E-state index >= 15 is 0 Å². The van der Waals surface area contributed by atoms with Crippen LogP contribution in [0.5, 0.6) is 0 Å². The molecule has 3 nitrogen and oxygen atoms in total. The van der Waals surface area contributed by atoms with E-state index in [1.165, 1.54) is 0 Å². The van der Waals surface area contributed by atoms with Crippen LogP contribution in [0.3, 0.4) is 0 Å². The van der Waals surface area contributed by atoms with Gasteiger partial charge in [-0.15, -0.1) is 0 Å². The summed E-state index contributed by atoms with van der Waals surface area (Å²) in [6.07, 6.45) is 1.58. The third-order valence-corrected chi connectivity index (χ3v) is 1.68. The summed E-state index contributed by atoms with van der Waals surface area (Å²) < 4.78 is 11.8. The Kier molecular flexibility index (Phi) is 3.57. The number of nitrogens with two attached hydrogens (primary N) is 1. The number of hydrogen-bond acceptors (Lipinski definition) is 3. The van der Waals surface area contributed by atoms with Gasteiger partial charge in [0.25, 0.3) is 0 Å². The summed E-state index contributed by atoms with van der Waals surface area (Å²) in [4.78, 5) is 4.28. The average Bonchev–Trinajstić information content (AvgIpc) is 2.15. The van der Waals surface area contributed by atoms with Crippen molar-refractivity contribution in [3.05, 3.63) is 23.9 Å². The number of halogens is 1. The molecule has 0 atom stereocenters. The zero-order chi connectivity index (χ0) is 9.68. The van der Waals surface area contributed by atoms with Crippen molar-refractivity contribution in [2.24, 2.45) is 5.73 Å². The maximum absolute atomic E-state index is 11.8. The summed E-state index contributed by atoms with van der Waals surface area (Å²) in [7, 11) is 0. The molecular formula is C8H10FN3S. The molecule has 0 bridgehead atoms. The highest BCUT2D eigenvalue weighted by Gasteiger charge is 1.98. The summed E-state index contributed by atoms with van der Waals surface area (Å²) >= 11 is 4.78. The Labute approximate surface area is 81.2 Å². The summed E-state index contributed by atoms with van der Waals surface area (Å²) in [6, 6.07) is 3.40. The molecule has 0 saturated carbocycles. The molecule has 0 aromatic carbocycles. The van der Waals surface area contributed by atoms with Crippen molar-refractivity contribution in [3.63, 3.8) is 0 Å². The van der Waals surface area contributed by atoms with Crippen molar-refractivity contribution in [2.75, 3.05) is 18.5 Å². The van der Waals surface area contributed by atoms with E-state index in [-0.39, 0.29) is 6.54 Å². The van der Waals surface area contributed by atoms with Crippen LogP contribution in [-0.2, 0) is 0 Å². The number of alkyl halides is 1. The predicted molar refractivity (Wildman–Crippen MR) is 54.6 cm³/mol. The highest BCUT2D eigenvalue weighted by molar-refractivity contribution is 7.80. The molecule has 0 radical (unpaired) electrons. The summed E-state index contributed by atoms with van der Waals surface area (Å²) in [5, 5.41) is 2.79. The van der Waals surface area contributed by atoms with E-state index in [1.54, 1.807) is 18.3 Å². The zero-order valence-electron chi connectivity index (χ0n) is 6.96. The third kappa shape index (κ3) is 2.95. The van der Waals surface area contributed by atoms with Crippen LogP contribution in [0, 0.1) is 0 Å². The molecule has 1 heterocycles. The Hall–Kier alpha value is -1.23. The van der Waals surface area contributed by atoms with E-state index in [4.69, 9.17) is 18.0 Å². The quantitative estimate of drug-likeness (QED) is 0.713. The normalized spacial score (nSPS) is 9.62. The van der Waals surface area contributed by atoms with Gasteiger partial charge in [-0.05, 0) is 12.1 Å². The van der Waals surface area contributed by atoms with Crippen molar-refractivity contribution in [2.45, 2.75) is 0 Å². The first-order valence-corrected chi connectivity index (χ1v) is 4.20. The van der Waals surface area contributed by atoms with Gasteiger partial charge < -0.3 is 11.1 Å². The molecule has 70 valence electrons. The van der Waals surface area contributed by atoms with Gasteiger partial charge in [-0.25, -0.2) is 9.37 Å². The second kappa shape index (κ2) is 4.71. The largest absolute Gasteiger partial charge is 0.389 e. The van der Waals surface area contributed by atoms with Crippen LogP contribution in [0.2, 0.25) is 0 Å². The van der Waals surface area contributed by atoms with Gasteiger partial charge >= 0.3 is 0 Å². The lowest BCUT2D eigenvalue weighted by atomic mass is 10.2. The fourth-order valence-corrected chi connectivity index (χ4v) is 0.983. The second-order valence-electron chi connectivity index (χ2n) is 2.41. The van der Waals surface area contributed by atoms with Gasteiger partial charge in [-0.1, -0.05) is 12.2 Å². The number of nitrogens with zero attached hydrogens (tertiary/aromatic N) is 1. The molecule has 0 fully saturated rings. The lowest BCUT2D eigenvalue weighted by Gasteiger charge is -2.03. The Morgan fingerprint density at radius 2 is 2.46 bits per heavy atom. The Morgan fingerprint density at radius 1 is 1.69 bits per heavy atom. The number of rotatable bonds is 4. The first-order chi connectivity index (χ1) is 6.24. The molecule has 1 rings (SSSR count). The van der Waals surface area contributed by atoms with Crippen molar-refractivity contribution < 1.29 is 4.39 Å². The van der Waals surface area contributed by atoms with E-state index in [0.717, 1.165) is 5.56 Å². The van der Waals surface area contributed by atoms with Gasteiger partial charge in [0, 0.05) is 18.3 Å². The monoisotopic (exact) mass is 199 g/mol. The van der Waals surface area contributed by atoms with Crippen LogP contribution in [0.4, 0.5) is 10.2 Å². The first-order valence-electron chi connectivity index (χ1n) is 3.79. The summed E-state index contributed by atoms with van der Waals surface area (Å²) in [6.45, 7) is -0.188. The third-order valence-electron chi connectivity index (χ3n) is 1.45. The van der Waals surface area contributed by atoms with E-state index in [0.29, 0.717) is 10.8 Å². The molecule has 3 N–H and O–H groups in total. The molecule has 0 aliphatic carbocycles. The minimum Gasteiger partial charge on any atom is -0.389 e. The van der Waals surface area contributed by atoms with Crippen LogP contribution in [0.25, 0.3) is 0 Å². The molecule has 1 aromatic rings. The summed E-state index contributed by atoms with van der Waals surface area (Å²) in [5.74, 6) is 0.586. The summed E-state index contributed by atoms with van der Waals surface area (Å²) in [5.41, 5.74) is 6.14. The van der Waals surface area contributed by atoms with Crippen LogP contribution < -0.4 is 11.1 Å². The Balaban J connectivity index is 2.73. The number of thiocarbonyl (C=S) groups is 1. The minimum atomic E-state index is -0.432. The van der Waals surface area contributed by atoms with Gasteiger partial charge in [0.05, 0.1) is 0 Å². The lowest BCUT2D eigenvalue weighted by molar-refractivity contribution is 0.512. The molecule has 0 unspecified atom stereocenters. The van der Waals surface area contributed by atoms with E-state index in [2.05, 4.69) is 10.3 Å². The second-order valence-corrected chi connectivity index (χ2v) is 2.85. The molecule has 13 heavy (non-hydrogen) atoms. The van der Waals surface area contributed by atoms with E-state index < -0.39 is 6.67 Å².